The molecule has 1 atom stereocenters. The number of hydrogen-bond donors (Lipinski definition) is 1. The van der Waals surface area contributed by atoms with Gasteiger partial charge in [-0.1, -0.05) is 29.4 Å². The van der Waals surface area contributed by atoms with E-state index in [1.54, 1.807) is 20.3 Å². The van der Waals surface area contributed by atoms with Crippen molar-refractivity contribution >= 4 is 5.88 Å². The molecule has 2 N–H and O–H groups in total. The zero-order valence-corrected chi connectivity index (χ0v) is 10.4. The van der Waals surface area contributed by atoms with Crippen LogP contribution in [0.5, 0.6) is 0 Å². The Kier molecular flexibility index (Phi) is 3.96. The minimum absolute atomic E-state index is 0.149. The summed E-state index contributed by atoms with van der Waals surface area (Å²) in [5, 5.41) is 3.93. The first kappa shape index (κ1) is 12.6. The third kappa shape index (κ3) is 2.52. The van der Waals surface area contributed by atoms with Gasteiger partial charge in [0, 0.05) is 25.8 Å². The maximum absolute atomic E-state index is 5.55. The van der Waals surface area contributed by atoms with Crippen molar-refractivity contribution in [2.45, 2.75) is 6.10 Å². The number of nitrogen functional groups attached to an aromatic ring is 1. The van der Waals surface area contributed by atoms with E-state index in [-0.39, 0.29) is 6.10 Å². The van der Waals surface area contributed by atoms with Gasteiger partial charge in [-0.05, 0) is 5.56 Å². The highest BCUT2D eigenvalue weighted by Gasteiger charge is 2.17. The van der Waals surface area contributed by atoms with Gasteiger partial charge in [-0.25, -0.2) is 0 Å². The molecule has 5 nitrogen and oxygen atoms in total. The summed E-state index contributed by atoms with van der Waals surface area (Å²) in [6.07, 6.45) is -0.149. The van der Waals surface area contributed by atoms with Crippen LogP contribution in [-0.2, 0) is 9.47 Å². The van der Waals surface area contributed by atoms with Crippen molar-refractivity contribution < 1.29 is 14.0 Å². The molecular formula is C13H16N2O3. The zero-order chi connectivity index (χ0) is 13.0. The van der Waals surface area contributed by atoms with Gasteiger partial charge in [-0.3, -0.25) is 0 Å². The van der Waals surface area contributed by atoms with Gasteiger partial charge in [0.05, 0.1) is 6.61 Å². The summed E-state index contributed by atoms with van der Waals surface area (Å²) >= 11 is 0. The number of ether oxygens (including phenoxy) is 2. The van der Waals surface area contributed by atoms with Gasteiger partial charge in [0.25, 0.3) is 0 Å². The summed E-state index contributed by atoms with van der Waals surface area (Å²) in [5.41, 5.74) is 8.17. The first-order valence-corrected chi connectivity index (χ1v) is 5.59. The molecule has 0 saturated heterocycles. The second kappa shape index (κ2) is 5.66. The number of benzene rings is 1. The minimum atomic E-state index is -0.149. The molecule has 2 rings (SSSR count). The number of nitrogens with zero attached hydrogens (tertiary/aromatic N) is 1. The Balaban J connectivity index is 2.41. The van der Waals surface area contributed by atoms with E-state index < -0.39 is 0 Å². The van der Waals surface area contributed by atoms with Crippen LogP contribution in [0.3, 0.4) is 0 Å². The normalized spacial score (nSPS) is 12.6. The fraction of sp³-hybridized carbons (Fsp3) is 0.308. The van der Waals surface area contributed by atoms with Gasteiger partial charge in [0.1, 0.15) is 11.8 Å². The fourth-order valence-corrected chi connectivity index (χ4v) is 1.86. The number of nitrogens with two attached hydrogens (primary N) is 1. The number of anilines is 1. The largest absolute Gasteiger partial charge is 0.382 e. The smallest absolute Gasteiger partial charge is 0.222 e. The van der Waals surface area contributed by atoms with Gasteiger partial charge >= 0.3 is 0 Å². The monoisotopic (exact) mass is 248 g/mol. The molecule has 0 radical (unpaired) electrons. The van der Waals surface area contributed by atoms with Crippen molar-refractivity contribution in [3.63, 3.8) is 0 Å². The van der Waals surface area contributed by atoms with Crippen LogP contribution in [0.1, 0.15) is 11.7 Å². The lowest BCUT2D eigenvalue weighted by Gasteiger charge is -2.17. The van der Waals surface area contributed by atoms with Gasteiger partial charge in [0.15, 0.2) is 0 Å². The second-order valence-corrected chi connectivity index (χ2v) is 3.88. The molecule has 0 fully saturated rings. The van der Waals surface area contributed by atoms with E-state index in [0.29, 0.717) is 18.2 Å². The van der Waals surface area contributed by atoms with Crippen LogP contribution in [0.4, 0.5) is 5.88 Å². The molecule has 18 heavy (non-hydrogen) atoms. The van der Waals surface area contributed by atoms with Crippen LogP contribution in [0, 0.1) is 0 Å². The molecule has 0 aliphatic heterocycles. The predicted molar refractivity (Wildman–Crippen MR) is 68.0 cm³/mol. The highest BCUT2D eigenvalue weighted by Crippen LogP contribution is 2.30. The van der Waals surface area contributed by atoms with Crippen molar-refractivity contribution in [3.8, 4) is 11.3 Å². The topological polar surface area (TPSA) is 70.5 Å². The molecule has 1 heterocycles. The zero-order valence-electron chi connectivity index (χ0n) is 10.4. The van der Waals surface area contributed by atoms with Gasteiger partial charge in [-0.15, -0.1) is 0 Å². The van der Waals surface area contributed by atoms with Crippen LogP contribution in [0.15, 0.2) is 34.9 Å². The lowest BCUT2D eigenvalue weighted by molar-refractivity contribution is 0.0278. The molecule has 0 saturated carbocycles. The van der Waals surface area contributed by atoms with Gasteiger partial charge in [-0.2, -0.15) is 0 Å². The predicted octanol–water partition coefficient (Wildman–Crippen LogP) is 2.26. The molecule has 96 valence electrons. The number of methoxy groups -OCH3 is 2. The summed E-state index contributed by atoms with van der Waals surface area (Å²) in [7, 11) is 3.29. The van der Waals surface area contributed by atoms with E-state index in [1.807, 2.05) is 24.3 Å². The van der Waals surface area contributed by atoms with E-state index >= 15 is 0 Å². The van der Waals surface area contributed by atoms with Crippen LogP contribution >= 0.6 is 0 Å². The number of rotatable bonds is 5. The van der Waals surface area contributed by atoms with E-state index in [2.05, 4.69) is 5.16 Å². The van der Waals surface area contributed by atoms with Crippen molar-refractivity contribution in [1.29, 1.82) is 0 Å². The van der Waals surface area contributed by atoms with Crippen molar-refractivity contribution in [1.82, 2.24) is 5.16 Å². The maximum atomic E-state index is 5.55. The molecule has 0 amide bonds. The highest BCUT2D eigenvalue weighted by atomic mass is 16.5. The molecule has 1 unspecified atom stereocenters. The molecule has 2 aromatic rings. The van der Waals surface area contributed by atoms with Crippen molar-refractivity contribution in [2.24, 2.45) is 0 Å². The molecular weight excluding hydrogens is 232 g/mol. The average molecular weight is 248 g/mol. The lowest BCUT2D eigenvalue weighted by Crippen LogP contribution is -2.09. The quantitative estimate of drug-likeness (QED) is 0.878. The van der Waals surface area contributed by atoms with Crippen LogP contribution < -0.4 is 5.73 Å². The highest BCUT2D eigenvalue weighted by molar-refractivity contribution is 5.65. The van der Waals surface area contributed by atoms with Crippen LogP contribution in [0.2, 0.25) is 0 Å². The van der Waals surface area contributed by atoms with E-state index in [4.69, 9.17) is 19.7 Å². The van der Waals surface area contributed by atoms with Crippen molar-refractivity contribution in [2.75, 3.05) is 26.6 Å². The first-order chi connectivity index (χ1) is 8.76. The Morgan fingerprint density at radius 3 is 2.72 bits per heavy atom. The van der Waals surface area contributed by atoms with Gasteiger partial charge in [0.2, 0.25) is 5.88 Å². The van der Waals surface area contributed by atoms with Crippen LogP contribution in [0.25, 0.3) is 11.3 Å². The Morgan fingerprint density at radius 2 is 2.11 bits per heavy atom. The van der Waals surface area contributed by atoms with Crippen molar-refractivity contribution in [3.05, 3.63) is 35.9 Å². The van der Waals surface area contributed by atoms with Gasteiger partial charge < -0.3 is 19.7 Å². The lowest BCUT2D eigenvalue weighted by atomic mass is 10.00. The average Bonchev–Trinajstić information content (AvgIpc) is 2.82. The summed E-state index contributed by atoms with van der Waals surface area (Å²) in [4.78, 5) is 0. The third-order valence-electron chi connectivity index (χ3n) is 2.71. The first-order valence-electron chi connectivity index (χ1n) is 5.59. The number of hydrogen-bond acceptors (Lipinski definition) is 5. The minimum Gasteiger partial charge on any atom is -0.382 e. The Labute approximate surface area is 105 Å². The van der Waals surface area contributed by atoms with E-state index in [0.717, 1.165) is 11.1 Å². The second-order valence-electron chi connectivity index (χ2n) is 3.88. The number of aromatic nitrogens is 1. The molecule has 0 aliphatic carbocycles. The fourth-order valence-electron chi connectivity index (χ4n) is 1.86. The maximum Gasteiger partial charge on any atom is 0.222 e. The van der Waals surface area contributed by atoms with Crippen LogP contribution in [-0.4, -0.2) is 26.0 Å². The third-order valence-corrected chi connectivity index (χ3v) is 2.71. The molecule has 0 bridgehead atoms. The molecule has 1 aromatic carbocycles. The Hall–Kier alpha value is -1.85. The summed E-state index contributed by atoms with van der Waals surface area (Å²) in [5.74, 6) is 0.292. The molecule has 1 aromatic heterocycles. The molecule has 0 aliphatic rings. The summed E-state index contributed by atoms with van der Waals surface area (Å²) in [6.45, 7) is 0.473. The standard InChI is InChI=1S/C13H16N2O3/c1-16-8-12(17-2)10-6-4-3-5-9(10)11-7-13(14)18-15-11/h3-7,12H,8,14H2,1-2H3. The molecule has 5 heteroatoms. The Morgan fingerprint density at radius 1 is 1.33 bits per heavy atom. The summed E-state index contributed by atoms with van der Waals surface area (Å²) < 4.78 is 15.5. The van der Waals surface area contributed by atoms with E-state index in [9.17, 15) is 0 Å². The molecule has 0 spiro atoms. The Bertz CT molecular complexity index is 510. The van der Waals surface area contributed by atoms with E-state index in [1.165, 1.54) is 0 Å². The summed E-state index contributed by atoms with van der Waals surface area (Å²) in [6, 6.07) is 9.51. The SMILES string of the molecule is COCC(OC)c1ccccc1-c1cc(N)on1.